The van der Waals surface area contributed by atoms with E-state index in [0.717, 1.165) is 19.3 Å². The van der Waals surface area contributed by atoms with E-state index in [2.05, 4.69) is 9.71 Å². The van der Waals surface area contributed by atoms with Crippen molar-refractivity contribution in [2.24, 2.45) is 4.40 Å². The molecule has 0 spiro atoms. The molecular weight excluding hydrogens is 446 g/mol. The number of fused-ring (bicyclic) bond motifs is 3. The maximum Gasteiger partial charge on any atom is 0.338 e. The predicted molar refractivity (Wildman–Crippen MR) is 123 cm³/mol. The summed E-state index contributed by atoms with van der Waals surface area (Å²) >= 11 is 0. The van der Waals surface area contributed by atoms with E-state index in [4.69, 9.17) is 9.47 Å². The van der Waals surface area contributed by atoms with Crippen molar-refractivity contribution in [3.8, 4) is 5.75 Å². The molecule has 0 unspecified atom stereocenters. The van der Waals surface area contributed by atoms with Gasteiger partial charge in [0.25, 0.3) is 15.9 Å². The number of hydrogen-bond acceptors (Lipinski definition) is 7. The molecule has 1 fully saturated rings. The maximum atomic E-state index is 12.8. The Bertz CT molecular complexity index is 1220. The van der Waals surface area contributed by atoms with Gasteiger partial charge in [-0.2, -0.15) is 8.42 Å². The van der Waals surface area contributed by atoms with Gasteiger partial charge in [0, 0.05) is 13.0 Å². The number of para-hydroxylation sites is 2. The highest BCUT2D eigenvalue weighted by atomic mass is 32.2. The first-order valence-electron chi connectivity index (χ1n) is 10.7. The van der Waals surface area contributed by atoms with E-state index in [1.165, 1.54) is 26.2 Å². The molecule has 2 aliphatic rings. The van der Waals surface area contributed by atoms with Crippen molar-refractivity contribution in [2.75, 3.05) is 23.9 Å². The molecule has 174 valence electrons. The molecule has 2 aromatic carbocycles. The van der Waals surface area contributed by atoms with Gasteiger partial charge in [0.15, 0.2) is 6.10 Å². The standard InChI is InChI=1S/C23H25N3O6S/c1-15(22(27)24-17-8-5-6-9-19(17)31-2)32-23(28)16-11-12-18-20(14-16)33(29,30)25-21-10-4-3-7-13-26(18)21/h5-6,8-9,11-12,14-15H,3-4,7,10,13H2,1-2H3,(H,24,27)/t15-/m1/s1. The molecule has 0 aromatic heterocycles. The minimum Gasteiger partial charge on any atom is -0.495 e. The zero-order valence-electron chi connectivity index (χ0n) is 18.4. The Morgan fingerprint density at radius 3 is 2.70 bits per heavy atom. The largest absolute Gasteiger partial charge is 0.495 e. The Labute approximate surface area is 192 Å². The predicted octanol–water partition coefficient (Wildman–Crippen LogP) is 3.36. The monoisotopic (exact) mass is 471 g/mol. The number of amidine groups is 1. The smallest absolute Gasteiger partial charge is 0.338 e. The van der Waals surface area contributed by atoms with Crippen molar-refractivity contribution in [1.29, 1.82) is 0 Å². The fraction of sp³-hybridized carbons (Fsp3) is 0.348. The minimum atomic E-state index is -3.93. The molecule has 9 nitrogen and oxygen atoms in total. The number of amides is 1. The van der Waals surface area contributed by atoms with Crippen LogP contribution in [0.25, 0.3) is 0 Å². The SMILES string of the molecule is COc1ccccc1NC(=O)[C@@H](C)OC(=O)c1ccc2c(c1)S(=O)(=O)N=C1CCCCCN12. The first-order chi connectivity index (χ1) is 15.8. The highest BCUT2D eigenvalue weighted by molar-refractivity contribution is 7.90. The normalized spacial score (nSPS) is 17.5. The molecule has 33 heavy (non-hydrogen) atoms. The highest BCUT2D eigenvalue weighted by Crippen LogP contribution is 2.35. The second-order valence-corrected chi connectivity index (χ2v) is 9.44. The zero-order chi connectivity index (χ0) is 23.6. The summed E-state index contributed by atoms with van der Waals surface area (Å²) in [5.74, 6) is -0.340. The Hall–Kier alpha value is -3.40. The van der Waals surface area contributed by atoms with Gasteiger partial charge < -0.3 is 19.7 Å². The summed E-state index contributed by atoms with van der Waals surface area (Å²) in [5, 5.41) is 2.66. The van der Waals surface area contributed by atoms with Crippen molar-refractivity contribution in [1.82, 2.24) is 0 Å². The van der Waals surface area contributed by atoms with E-state index in [1.54, 1.807) is 30.3 Å². The molecule has 1 saturated heterocycles. The Morgan fingerprint density at radius 1 is 1.12 bits per heavy atom. The number of hydrogen-bond donors (Lipinski definition) is 1. The number of rotatable bonds is 5. The number of ether oxygens (including phenoxy) is 2. The second kappa shape index (κ2) is 9.22. The number of nitrogens with one attached hydrogen (secondary N) is 1. The minimum absolute atomic E-state index is 0.0303. The van der Waals surface area contributed by atoms with Crippen LogP contribution in [0.2, 0.25) is 0 Å². The lowest BCUT2D eigenvalue weighted by Crippen LogP contribution is -2.35. The van der Waals surface area contributed by atoms with Crippen molar-refractivity contribution >= 4 is 39.1 Å². The highest BCUT2D eigenvalue weighted by Gasteiger charge is 2.32. The lowest BCUT2D eigenvalue weighted by molar-refractivity contribution is -0.123. The molecule has 0 saturated carbocycles. The van der Waals surface area contributed by atoms with Gasteiger partial charge >= 0.3 is 5.97 Å². The third-order valence-corrected chi connectivity index (χ3v) is 6.94. The fourth-order valence-electron chi connectivity index (χ4n) is 3.87. The van der Waals surface area contributed by atoms with E-state index in [9.17, 15) is 18.0 Å². The lowest BCUT2D eigenvalue weighted by Gasteiger charge is -2.29. The van der Waals surface area contributed by atoms with Crippen LogP contribution >= 0.6 is 0 Å². The number of methoxy groups -OCH3 is 1. The molecule has 0 bridgehead atoms. The molecule has 0 radical (unpaired) electrons. The molecule has 1 atom stereocenters. The Kier molecular flexibility index (Phi) is 6.37. The van der Waals surface area contributed by atoms with Gasteiger partial charge in [0.05, 0.1) is 24.0 Å². The summed E-state index contributed by atoms with van der Waals surface area (Å²) in [4.78, 5) is 27.1. The van der Waals surface area contributed by atoms with Gasteiger partial charge in [-0.25, -0.2) is 4.79 Å². The van der Waals surface area contributed by atoms with Gasteiger partial charge in [0.2, 0.25) is 0 Å². The summed E-state index contributed by atoms with van der Waals surface area (Å²) in [6.45, 7) is 2.11. The van der Waals surface area contributed by atoms with Crippen LogP contribution in [0.4, 0.5) is 11.4 Å². The van der Waals surface area contributed by atoms with Crippen LogP contribution in [0, 0.1) is 0 Å². The Balaban J connectivity index is 1.51. The number of esters is 1. The van der Waals surface area contributed by atoms with Crippen LogP contribution < -0.4 is 15.0 Å². The summed E-state index contributed by atoms with van der Waals surface area (Å²) in [6, 6.07) is 11.2. The van der Waals surface area contributed by atoms with Crippen molar-refractivity contribution < 1.29 is 27.5 Å². The lowest BCUT2D eigenvalue weighted by atomic mass is 10.1. The van der Waals surface area contributed by atoms with E-state index in [0.29, 0.717) is 35.9 Å². The first-order valence-corrected chi connectivity index (χ1v) is 12.1. The molecule has 2 heterocycles. The number of sulfonamides is 1. The van der Waals surface area contributed by atoms with Gasteiger partial charge in [-0.1, -0.05) is 18.6 Å². The van der Waals surface area contributed by atoms with Crippen molar-refractivity contribution in [3.63, 3.8) is 0 Å². The second-order valence-electron chi connectivity index (χ2n) is 7.86. The van der Waals surface area contributed by atoms with Crippen molar-refractivity contribution in [3.05, 3.63) is 48.0 Å². The van der Waals surface area contributed by atoms with Crippen LogP contribution in [0.3, 0.4) is 0 Å². The van der Waals surface area contributed by atoms with Gasteiger partial charge in [-0.05, 0) is 50.1 Å². The average molecular weight is 472 g/mol. The zero-order valence-corrected chi connectivity index (χ0v) is 19.2. The molecule has 1 N–H and O–H groups in total. The summed E-state index contributed by atoms with van der Waals surface area (Å²) in [6.07, 6.45) is 2.30. The summed E-state index contributed by atoms with van der Waals surface area (Å²) in [5.41, 5.74) is 0.988. The van der Waals surface area contributed by atoms with Crippen LogP contribution in [-0.4, -0.2) is 45.9 Å². The van der Waals surface area contributed by atoms with Crippen LogP contribution in [0.5, 0.6) is 5.75 Å². The summed E-state index contributed by atoms with van der Waals surface area (Å²) in [7, 11) is -2.45. The molecular formula is C23H25N3O6S. The summed E-state index contributed by atoms with van der Waals surface area (Å²) < 4.78 is 40.0. The topological polar surface area (TPSA) is 114 Å². The van der Waals surface area contributed by atoms with E-state index in [1.807, 2.05) is 4.90 Å². The van der Waals surface area contributed by atoms with Crippen LogP contribution in [0.1, 0.15) is 43.0 Å². The molecule has 0 aliphatic carbocycles. The molecule has 4 rings (SSSR count). The Morgan fingerprint density at radius 2 is 1.91 bits per heavy atom. The number of benzene rings is 2. The average Bonchev–Trinajstić information content (AvgIpc) is 3.04. The molecule has 10 heteroatoms. The number of carbonyl (C=O) groups excluding carboxylic acids is 2. The number of nitrogens with zero attached hydrogens (tertiary/aromatic N) is 2. The first kappa shape index (κ1) is 22.8. The van der Waals surface area contributed by atoms with Crippen LogP contribution in [-0.2, 0) is 19.6 Å². The van der Waals surface area contributed by atoms with Gasteiger partial charge in [-0.15, -0.1) is 4.40 Å². The molecule has 1 amide bonds. The van der Waals surface area contributed by atoms with Gasteiger partial charge in [0.1, 0.15) is 16.5 Å². The van der Waals surface area contributed by atoms with Crippen LogP contribution in [0.15, 0.2) is 51.8 Å². The van der Waals surface area contributed by atoms with Crippen molar-refractivity contribution in [2.45, 2.75) is 43.6 Å². The van der Waals surface area contributed by atoms with E-state index >= 15 is 0 Å². The third-order valence-electron chi connectivity index (χ3n) is 5.60. The van der Waals surface area contributed by atoms with E-state index < -0.39 is 28.0 Å². The quantitative estimate of drug-likeness (QED) is 0.665. The maximum absolute atomic E-state index is 12.8. The molecule has 2 aromatic rings. The fourth-order valence-corrected chi connectivity index (χ4v) is 5.16. The number of carbonyl (C=O) groups is 2. The van der Waals surface area contributed by atoms with Gasteiger partial charge in [-0.3, -0.25) is 4.79 Å². The third kappa shape index (κ3) is 4.70. The number of anilines is 2. The molecule has 2 aliphatic heterocycles. The van der Waals surface area contributed by atoms with E-state index in [-0.39, 0.29) is 10.5 Å².